The van der Waals surface area contributed by atoms with Crippen molar-refractivity contribution >= 4 is 11.7 Å². The van der Waals surface area contributed by atoms with Crippen molar-refractivity contribution in [2.45, 2.75) is 73.1 Å². The second-order valence-electron chi connectivity index (χ2n) is 9.10. The first-order valence-electron chi connectivity index (χ1n) is 12.4. The fourth-order valence-corrected chi connectivity index (χ4v) is 4.63. The van der Waals surface area contributed by atoms with Crippen LogP contribution in [0.2, 0.25) is 0 Å². The molecule has 1 aromatic carbocycles. The van der Waals surface area contributed by atoms with Crippen LogP contribution in [-0.4, -0.2) is 47.0 Å². The first-order valence-corrected chi connectivity index (χ1v) is 12.4. The van der Waals surface area contributed by atoms with E-state index in [0.29, 0.717) is 5.91 Å². The summed E-state index contributed by atoms with van der Waals surface area (Å²) in [6, 6.07) is 8.75. The Morgan fingerprint density at radius 1 is 1.00 bits per heavy atom. The van der Waals surface area contributed by atoms with E-state index in [0.717, 1.165) is 82.0 Å². The van der Waals surface area contributed by atoms with Gasteiger partial charge in [0.25, 0.3) is 0 Å². The second-order valence-corrected chi connectivity index (χ2v) is 9.10. The van der Waals surface area contributed by atoms with Crippen molar-refractivity contribution in [1.82, 2.24) is 14.9 Å². The fourth-order valence-electron chi connectivity index (χ4n) is 4.63. The molecule has 1 aliphatic heterocycles. The summed E-state index contributed by atoms with van der Waals surface area (Å²) in [4.78, 5) is 27.2. The average Bonchev–Trinajstić information content (AvgIpc) is 2.81. The molecule has 32 heavy (non-hydrogen) atoms. The molecule has 1 unspecified atom stereocenters. The van der Waals surface area contributed by atoms with Crippen molar-refractivity contribution in [3.05, 3.63) is 52.5 Å². The number of piperazine rings is 1. The molecule has 1 amide bonds. The van der Waals surface area contributed by atoms with Gasteiger partial charge in [0.15, 0.2) is 0 Å². The van der Waals surface area contributed by atoms with Gasteiger partial charge in [-0.05, 0) is 38.7 Å². The summed E-state index contributed by atoms with van der Waals surface area (Å²) in [6.07, 6.45) is 5.96. The zero-order valence-electron chi connectivity index (χ0n) is 20.7. The predicted octanol–water partition coefficient (Wildman–Crippen LogP) is 5.11. The zero-order valence-corrected chi connectivity index (χ0v) is 20.7. The third-order valence-electron chi connectivity index (χ3n) is 6.66. The molecule has 174 valence electrons. The molecule has 5 heteroatoms. The zero-order chi connectivity index (χ0) is 23.1. The van der Waals surface area contributed by atoms with Crippen molar-refractivity contribution in [2.24, 2.45) is 5.92 Å². The molecular formula is C27H40N4O. The van der Waals surface area contributed by atoms with Gasteiger partial charge in [-0.2, -0.15) is 0 Å². The van der Waals surface area contributed by atoms with Gasteiger partial charge in [-0.1, -0.05) is 63.4 Å². The van der Waals surface area contributed by atoms with E-state index < -0.39 is 0 Å². The summed E-state index contributed by atoms with van der Waals surface area (Å²) in [5, 5.41) is 0. The minimum atomic E-state index is 0.173. The number of hydrogen-bond acceptors (Lipinski definition) is 4. The van der Waals surface area contributed by atoms with Gasteiger partial charge in [0, 0.05) is 49.8 Å². The van der Waals surface area contributed by atoms with Gasteiger partial charge < -0.3 is 9.80 Å². The van der Waals surface area contributed by atoms with Crippen molar-refractivity contribution in [2.75, 3.05) is 31.1 Å². The summed E-state index contributed by atoms with van der Waals surface area (Å²) in [5.41, 5.74) is 4.93. The van der Waals surface area contributed by atoms with E-state index in [1.807, 2.05) is 6.92 Å². The number of aryl methyl sites for hydroxylation is 3. The highest BCUT2D eigenvalue weighted by atomic mass is 16.2. The maximum absolute atomic E-state index is 13.1. The number of carbonyl (C=O) groups is 1. The molecule has 0 bridgehead atoms. The highest BCUT2D eigenvalue weighted by Gasteiger charge is 2.28. The Labute approximate surface area is 194 Å². The number of unbranched alkanes of at least 4 members (excludes halogenated alkanes) is 1. The van der Waals surface area contributed by atoms with Gasteiger partial charge in [-0.25, -0.2) is 9.97 Å². The highest BCUT2D eigenvalue weighted by molar-refractivity contribution is 5.79. The maximum Gasteiger partial charge on any atom is 0.225 e. The molecule has 0 radical (unpaired) electrons. The lowest BCUT2D eigenvalue weighted by molar-refractivity contribution is -0.136. The average molecular weight is 437 g/mol. The first-order chi connectivity index (χ1) is 15.5. The second kappa shape index (κ2) is 11.4. The molecule has 0 N–H and O–H groups in total. The normalized spacial score (nSPS) is 15.2. The number of benzene rings is 1. The Morgan fingerprint density at radius 2 is 1.69 bits per heavy atom. The van der Waals surface area contributed by atoms with Crippen molar-refractivity contribution < 1.29 is 4.79 Å². The minimum absolute atomic E-state index is 0.173. The molecule has 1 fully saturated rings. The van der Waals surface area contributed by atoms with E-state index in [2.05, 4.69) is 61.8 Å². The predicted molar refractivity (Wildman–Crippen MR) is 132 cm³/mol. The van der Waals surface area contributed by atoms with Gasteiger partial charge in [0.2, 0.25) is 5.91 Å². The Bertz CT molecular complexity index is 885. The lowest BCUT2D eigenvalue weighted by Crippen LogP contribution is -2.51. The minimum Gasteiger partial charge on any atom is -0.353 e. The van der Waals surface area contributed by atoms with Gasteiger partial charge in [0.05, 0.1) is 0 Å². The van der Waals surface area contributed by atoms with Crippen molar-refractivity contribution in [3.63, 3.8) is 0 Å². The number of hydrogen-bond donors (Lipinski definition) is 0. The van der Waals surface area contributed by atoms with Crippen LogP contribution in [0.3, 0.4) is 0 Å². The van der Waals surface area contributed by atoms with Crippen LogP contribution in [0.4, 0.5) is 5.82 Å². The number of anilines is 1. The standard InChI is InChI=1S/C27H40N4O/c1-6-9-10-23(7-2)27(32)31-17-15-30(16-18-31)26-24(25(8-3)28-21(5)29-26)19-22-13-11-20(4)12-14-22/h11-14,23H,6-10,15-19H2,1-5H3. The summed E-state index contributed by atoms with van der Waals surface area (Å²) < 4.78 is 0. The molecule has 2 heterocycles. The summed E-state index contributed by atoms with van der Waals surface area (Å²) in [6.45, 7) is 13.8. The largest absolute Gasteiger partial charge is 0.353 e. The Kier molecular flexibility index (Phi) is 8.66. The van der Waals surface area contributed by atoms with E-state index in [9.17, 15) is 4.79 Å². The van der Waals surface area contributed by atoms with Crippen LogP contribution >= 0.6 is 0 Å². The third kappa shape index (κ3) is 5.87. The topological polar surface area (TPSA) is 49.3 Å². The number of rotatable bonds is 9. The van der Waals surface area contributed by atoms with E-state index in [-0.39, 0.29) is 5.92 Å². The number of amides is 1. The Balaban J connectivity index is 1.77. The third-order valence-corrected chi connectivity index (χ3v) is 6.66. The number of nitrogens with zero attached hydrogens (tertiary/aromatic N) is 4. The van der Waals surface area contributed by atoms with Gasteiger partial charge in [0.1, 0.15) is 11.6 Å². The van der Waals surface area contributed by atoms with Crippen LogP contribution in [0.1, 0.15) is 74.7 Å². The van der Waals surface area contributed by atoms with E-state index in [4.69, 9.17) is 9.97 Å². The lowest BCUT2D eigenvalue weighted by Gasteiger charge is -2.38. The molecule has 1 aliphatic rings. The highest BCUT2D eigenvalue weighted by Crippen LogP contribution is 2.27. The molecule has 2 aromatic rings. The van der Waals surface area contributed by atoms with Gasteiger partial charge >= 0.3 is 0 Å². The first kappa shape index (κ1) is 24.2. The van der Waals surface area contributed by atoms with Crippen LogP contribution in [0, 0.1) is 19.8 Å². The maximum atomic E-state index is 13.1. The molecule has 0 aliphatic carbocycles. The Hall–Kier alpha value is -2.43. The SMILES string of the molecule is CCCCC(CC)C(=O)N1CCN(c2nc(C)nc(CC)c2Cc2ccc(C)cc2)CC1. The number of carbonyl (C=O) groups excluding carboxylic acids is 1. The van der Waals surface area contributed by atoms with Crippen LogP contribution in [0.25, 0.3) is 0 Å². The van der Waals surface area contributed by atoms with E-state index in [1.165, 1.54) is 16.7 Å². The molecule has 1 saturated heterocycles. The van der Waals surface area contributed by atoms with Crippen LogP contribution in [0.15, 0.2) is 24.3 Å². The molecule has 3 rings (SSSR count). The number of aromatic nitrogens is 2. The molecule has 5 nitrogen and oxygen atoms in total. The van der Waals surface area contributed by atoms with E-state index in [1.54, 1.807) is 0 Å². The quantitative estimate of drug-likeness (QED) is 0.548. The van der Waals surface area contributed by atoms with Crippen LogP contribution < -0.4 is 4.90 Å². The fraction of sp³-hybridized carbons (Fsp3) is 0.593. The summed E-state index contributed by atoms with van der Waals surface area (Å²) >= 11 is 0. The molecule has 1 aromatic heterocycles. The molecular weight excluding hydrogens is 396 g/mol. The Morgan fingerprint density at radius 3 is 2.28 bits per heavy atom. The van der Waals surface area contributed by atoms with Gasteiger partial charge in [-0.3, -0.25) is 4.79 Å². The lowest BCUT2D eigenvalue weighted by atomic mass is 9.97. The molecule has 1 atom stereocenters. The van der Waals surface area contributed by atoms with Crippen molar-refractivity contribution in [1.29, 1.82) is 0 Å². The summed E-state index contributed by atoms with van der Waals surface area (Å²) in [7, 11) is 0. The van der Waals surface area contributed by atoms with Crippen LogP contribution in [-0.2, 0) is 17.6 Å². The molecule has 0 saturated carbocycles. The monoisotopic (exact) mass is 436 g/mol. The smallest absolute Gasteiger partial charge is 0.225 e. The van der Waals surface area contributed by atoms with Crippen molar-refractivity contribution in [3.8, 4) is 0 Å². The van der Waals surface area contributed by atoms with Crippen LogP contribution in [0.5, 0.6) is 0 Å². The molecule has 0 spiro atoms. The van der Waals surface area contributed by atoms with E-state index >= 15 is 0 Å². The summed E-state index contributed by atoms with van der Waals surface area (Å²) in [5.74, 6) is 2.40. The van der Waals surface area contributed by atoms with Gasteiger partial charge in [-0.15, -0.1) is 0 Å².